The fraction of sp³-hybridized carbons (Fsp3) is 0.300. The highest BCUT2D eigenvalue weighted by Crippen LogP contribution is 2.47. The number of rotatable bonds is 5. The molecule has 0 saturated heterocycles. The standard InChI is InChI=1S/C20H19NO6/c22-18(13-25-19(23)8-6-15-4-3-11-24-15)21-14-5-7-16-17(12-14)27-20(26-16)9-1-2-10-20/h3-8,11-12H,1-2,9-10,13H2,(H,21,22)/b8-6+. The molecule has 1 aromatic heterocycles. The van der Waals surface area contributed by atoms with Crippen LogP contribution in [0.25, 0.3) is 6.08 Å². The van der Waals surface area contributed by atoms with E-state index in [1.807, 2.05) is 0 Å². The normalized spacial score (nSPS) is 16.7. The zero-order valence-corrected chi connectivity index (χ0v) is 14.6. The maximum absolute atomic E-state index is 12.0. The Balaban J connectivity index is 1.28. The van der Waals surface area contributed by atoms with Crippen molar-refractivity contribution in [2.45, 2.75) is 31.5 Å². The molecule has 0 atom stereocenters. The lowest BCUT2D eigenvalue weighted by molar-refractivity contribution is -0.142. The second kappa shape index (κ2) is 7.19. The Morgan fingerprint density at radius 2 is 1.96 bits per heavy atom. The number of furan rings is 1. The van der Waals surface area contributed by atoms with Crippen molar-refractivity contribution in [3.05, 3.63) is 48.4 Å². The van der Waals surface area contributed by atoms with E-state index in [9.17, 15) is 9.59 Å². The molecule has 0 unspecified atom stereocenters. The van der Waals surface area contributed by atoms with Gasteiger partial charge in [-0.15, -0.1) is 0 Å². The molecule has 1 fully saturated rings. The van der Waals surface area contributed by atoms with Crippen LogP contribution in [-0.2, 0) is 14.3 Å². The van der Waals surface area contributed by atoms with E-state index in [4.69, 9.17) is 18.6 Å². The molecular weight excluding hydrogens is 350 g/mol. The Hall–Kier alpha value is -3.22. The lowest BCUT2D eigenvalue weighted by atomic mass is 10.2. The second-order valence-electron chi connectivity index (χ2n) is 6.49. The summed E-state index contributed by atoms with van der Waals surface area (Å²) in [5.41, 5.74) is 0.555. The highest BCUT2D eigenvalue weighted by atomic mass is 16.7. The van der Waals surface area contributed by atoms with Crippen molar-refractivity contribution in [3.63, 3.8) is 0 Å². The predicted octanol–water partition coefficient (Wildman–Crippen LogP) is 3.52. The average molecular weight is 369 g/mol. The van der Waals surface area contributed by atoms with Crippen LogP contribution in [0.2, 0.25) is 0 Å². The van der Waals surface area contributed by atoms with Gasteiger partial charge in [-0.05, 0) is 43.2 Å². The first-order valence-corrected chi connectivity index (χ1v) is 8.82. The van der Waals surface area contributed by atoms with Crippen LogP contribution in [0.1, 0.15) is 31.4 Å². The summed E-state index contributed by atoms with van der Waals surface area (Å²) in [5.74, 6) is 0.217. The van der Waals surface area contributed by atoms with E-state index >= 15 is 0 Å². The fourth-order valence-corrected chi connectivity index (χ4v) is 3.21. The molecular formula is C20H19NO6. The summed E-state index contributed by atoms with van der Waals surface area (Å²) in [6.45, 7) is -0.389. The number of carbonyl (C=O) groups is 2. The van der Waals surface area contributed by atoms with Crippen LogP contribution in [0.5, 0.6) is 11.5 Å². The van der Waals surface area contributed by atoms with Crippen LogP contribution in [0.4, 0.5) is 5.69 Å². The SMILES string of the molecule is O=C(COC(=O)/C=C/c1ccco1)Nc1ccc2c(c1)OC1(CCCC1)O2. The van der Waals surface area contributed by atoms with Gasteiger partial charge in [0.05, 0.1) is 6.26 Å². The molecule has 1 spiro atoms. The highest BCUT2D eigenvalue weighted by Gasteiger charge is 2.44. The highest BCUT2D eigenvalue weighted by molar-refractivity contribution is 5.94. The summed E-state index contributed by atoms with van der Waals surface area (Å²) in [5, 5.41) is 2.68. The predicted molar refractivity (Wildman–Crippen MR) is 96.2 cm³/mol. The maximum Gasteiger partial charge on any atom is 0.331 e. The lowest BCUT2D eigenvalue weighted by Gasteiger charge is -2.21. The number of ether oxygens (including phenoxy) is 3. The molecule has 27 heavy (non-hydrogen) atoms. The molecule has 2 heterocycles. The van der Waals surface area contributed by atoms with Gasteiger partial charge in [-0.3, -0.25) is 4.79 Å². The molecule has 2 aliphatic rings. The van der Waals surface area contributed by atoms with Crippen molar-refractivity contribution >= 4 is 23.6 Å². The Morgan fingerprint density at radius 3 is 2.74 bits per heavy atom. The van der Waals surface area contributed by atoms with E-state index in [1.165, 1.54) is 18.4 Å². The van der Waals surface area contributed by atoms with E-state index < -0.39 is 17.7 Å². The summed E-state index contributed by atoms with van der Waals surface area (Å²) in [4.78, 5) is 23.6. The van der Waals surface area contributed by atoms with E-state index in [0.717, 1.165) is 25.7 Å². The Labute approximate surface area is 155 Å². The molecule has 0 bridgehead atoms. The molecule has 140 valence electrons. The molecule has 1 aliphatic carbocycles. The third-order valence-corrected chi connectivity index (χ3v) is 4.46. The van der Waals surface area contributed by atoms with E-state index in [2.05, 4.69) is 5.32 Å². The molecule has 0 radical (unpaired) electrons. The van der Waals surface area contributed by atoms with Gasteiger partial charge in [0.1, 0.15) is 5.76 Å². The minimum absolute atomic E-state index is 0.389. The first-order valence-electron chi connectivity index (χ1n) is 8.82. The lowest BCUT2D eigenvalue weighted by Crippen LogP contribution is -2.34. The van der Waals surface area contributed by atoms with Gasteiger partial charge >= 0.3 is 5.97 Å². The summed E-state index contributed by atoms with van der Waals surface area (Å²) in [7, 11) is 0. The van der Waals surface area contributed by atoms with Crippen molar-refractivity contribution in [1.29, 1.82) is 0 Å². The molecule has 4 rings (SSSR count). The summed E-state index contributed by atoms with van der Waals surface area (Å²) < 4.78 is 21.9. The fourth-order valence-electron chi connectivity index (χ4n) is 3.21. The van der Waals surface area contributed by atoms with Crippen LogP contribution in [-0.4, -0.2) is 24.3 Å². The van der Waals surface area contributed by atoms with Crippen LogP contribution in [0, 0.1) is 0 Å². The largest absolute Gasteiger partial charge is 0.465 e. The van der Waals surface area contributed by atoms with E-state index in [1.54, 1.807) is 30.3 Å². The Bertz CT molecular complexity index is 865. The Kier molecular flexibility index (Phi) is 4.58. The van der Waals surface area contributed by atoms with Gasteiger partial charge < -0.3 is 23.9 Å². The van der Waals surface area contributed by atoms with Crippen LogP contribution < -0.4 is 14.8 Å². The number of benzene rings is 1. The van der Waals surface area contributed by atoms with Gasteiger partial charge in [0.15, 0.2) is 18.1 Å². The van der Waals surface area contributed by atoms with Crippen molar-refractivity contribution in [1.82, 2.24) is 0 Å². The van der Waals surface area contributed by atoms with Gasteiger partial charge in [-0.25, -0.2) is 4.79 Å². The van der Waals surface area contributed by atoms with Crippen LogP contribution in [0.15, 0.2) is 47.1 Å². The number of anilines is 1. The quantitative estimate of drug-likeness (QED) is 0.641. The first-order chi connectivity index (χ1) is 13.1. The number of fused-ring (bicyclic) bond motifs is 1. The molecule has 1 aliphatic heterocycles. The summed E-state index contributed by atoms with van der Waals surface area (Å²) in [6, 6.07) is 8.63. The number of carbonyl (C=O) groups excluding carboxylic acids is 2. The molecule has 1 N–H and O–H groups in total. The van der Waals surface area contributed by atoms with Crippen molar-refractivity contribution in [2.75, 3.05) is 11.9 Å². The molecule has 1 saturated carbocycles. The van der Waals surface area contributed by atoms with Gasteiger partial charge in [-0.1, -0.05) is 0 Å². The Morgan fingerprint density at radius 1 is 1.15 bits per heavy atom. The number of esters is 1. The number of hydrogen-bond acceptors (Lipinski definition) is 6. The second-order valence-corrected chi connectivity index (χ2v) is 6.49. The molecule has 2 aromatic rings. The van der Waals surface area contributed by atoms with Gasteiger partial charge in [-0.2, -0.15) is 0 Å². The monoisotopic (exact) mass is 369 g/mol. The minimum Gasteiger partial charge on any atom is -0.465 e. The maximum atomic E-state index is 12.0. The summed E-state index contributed by atoms with van der Waals surface area (Å²) in [6.07, 6.45) is 8.06. The smallest absolute Gasteiger partial charge is 0.331 e. The van der Waals surface area contributed by atoms with Crippen LogP contribution >= 0.6 is 0 Å². The van der Waals surface area contributed by atoms with E-state index in [0.29, 0.717) is 22.9 Å². The molecule has 1 amide bonds. The van der Waals surface area contributed by atoms with Crippen molar-refractivity contribution < 1.29 is 28.2 Å². The van der Waals surface area contributed by atoms with E-state index in [-0.39, 0.29) is 6.61 Å². The minimum atomic E-state index is -0.629. The third kappa shape index (κ3) is 3.97. The zero-order valence-electron chi connectivity index (χ0n) is 14.6. The zero-order chi connectivity index (χ0) is 18.7. The number of hydrogen-bond donors (Lipinski definition) is 1. The van der Waals surface area contributed by atoms with Gasteiger partial charge in [0.2, 0.25) is 0 Å². The number of amides is 1. The molecule has 7 nitrogen and oxygen atoms in total. The van der Waals surface area contributed by atoms with Gasteiger partial charge in [0, 0.05) is 30.7 Å². The van der Waals surface area contributed by atoms with Crippen molar-refractivity contribution in [3.8, 4) is 11.5 Å². The van der Waals surface area contributed by atoms with Gasteiger partial charge in [0.25, 0.3) is 11.7 Å². The topological polar surface area (TPSA) is 87.0 Å². The molecule has 1 aromatic carbocycles. The summed E-state index contributed by atoms with van der Waals surface area (Å²) >= 11 is 0. The third-order valence-electron chi connectivity index (χ3n) is 4.46. The molecule has 7 heteroatoms. The average Bonchev–Trinajstić information content (AvgIpc) is 3.39. The first kappa shape index (κ1) is 17.2. The van der Waals surface area contributed by atoms with Crippen LogP contribution in [0.3, 0.4) is 0 Å². The van der Waals surface area contributed by atoms with Crippen molar-refractivity contribution in [2.24, 2.45) is 0 Å². The number of nitrogens with one attached hydrogen (secondary N) is 1.